The quantitative estimate of drug-likeness (QED) is 0.715. The summed E-state index contributed by atoms with van der Waals surface area (Å²) >= 11 is 0. The summed E-state index contributed by atoms with van der Waals surface area (Å²) in [4.78, 5) is 11.1. The zero-order valence-corrected chi connectivity index (χ0v) is 9.12. The summed E-state index contributed by atoms with van der Waals surface area (Å²) in [5.74, 6) is 0.796. The van der Waals surface area contributed by atoms with Crippen LogP contribution in [0.1, 0.15) is 21.5 Å². The number of benzene rings is 2. The fourth-order valence-corrected chi connectivity index (χ4v) is 2.59. The molecule has 0 bridgehead atoms. The Morgan fingerprint density at radius 3 is 2.38 bits per heavy atom. The smallest absolute Gasteiger partial charge is 0.150 e. The van der Waals surface area contributed by atoms with Crippen molar-refractivity contribution in [3.63, 3.8) is 0 Å². The molecule has 0 unspecified atom stereocenters. The lowest BCUT2D eigenvalue weighted by molar-refractivity contribution is 0.112. The van der Waals surface area contributed by atoms with Crippen LogP contribution in [0, 0.1) is 0 Å². The maximum Gasteiger partial charge on any atom is 0.150 e. The Morgan fingerprint density at radius 2 is 1.75 bits per heavy atom. The van der Waals surface area contributed by atoms with Crippen LogP contribution >= 0.6 is 0 Å². The van der Waals surface area contributed by atoms with Gasteiger partial charge >= 0.3 is 0 Å². The Labute approximate surface area is 93.8 Å². The van der Waals surface area contributed by atoms with E-state index in [1.807, 2.05) is 12.1 Å². The SMILES string of the molecule is COc1ccc2c3c(ccc(C=O)c13)CC2. The highest BCUT2D eigenvalue weighted by Crippen LogP contribution is 2.37. The minimum absolute atomic E-state index is 0.722. The van der Waals surface area contributed by atoms with Gasteiger partial charge < -0.3 is 4.74 Å². The van der Waals surface area contributed by atoms with Crippen LogP contribution in [0.3, 0.4) is 0 Å². The topological polar surface area (TPSA) is 26.3 Å². The van der Waals surface area contributed by atoms with Crippen LogP contribution in [-0.4, -0.2) is 13.4 Å². The highest BCUT2D eigenvalue weighted by Gasteiger charge is 2.18. The van der Waals surface area contributed by atoms with Crippen molar-refractivity contribution in [1.82, 2.24) is 0 Å². The van der Waals surface area contributed by atoms with Crippen LogP contribution in [0.2, 0.25) is 0 Å². The third kappa shape index (κ3) is 1.10. The molecule has 0 saturated carbocycles. The minimum atomic E-state index is 0.722. The van der Waals surface area contributed by atoms with Gasteiger partial charge in [-0.2, -0.15) is 0 Å². The third-order valence-electron chi connectivity index (χ3n) is 3.34. The number of carbonyl (C=O) groups is 1. The molecule has 0 amide bonds. The number of carbonyl (C=O) groups excluding carboxylic acids is 1. The van der Waals surface area contributed by atoms with E-state index in [2.05, 4.69) is 12.1 Å². The van der Waals surface area contributed by atoms with Gasteiger partial charge in [0.1, 0.15) is 5.75 Å². The van der Waals surface area contributed by atoms with E-state index in [4.69, 9.17) is 4.74 Å². The first kappa shape index (κ1) is 9.40. The number of ether oxygens (including phenoxy) is 1. The van der Waals surface area contributed by atoms with E-state index in [1.54, 1.807) is 7.11 Å². The van der Waals surface area contributed by atoms with Crippen LogP contribution in [0.15, 0.2) is 24.3 Å². The molecule has 2 heteroatoms. The second-order valence-electron chi connectivity index (χ2n) is 4.11. The van der Waals surface area contributed by atoms with E-state index >= 15 is 0 Å². The number of aldehydes is 1. The van der Waals surface area contributed by atoms with Crippen LogP contribution in [0.4, 0.5) is 0 Å². The van der Waals surface area contributed by atoms with Gasteiger partial charge in [-0.05, 0) is 35.4 Å². The lowest BCUT2D eigenvalue weighted by Crippen LogP contribution is -1.91. The second-order valence-corrected chi connectivity index (χ2v) is 4.11. The Morgan fingerprint density at radius 1 is 1.06 bits per heavy atom. The fraction of sp³-hybridized carbons (Fsp3) is 0.214. The van der Waals surface area contributed by atoms with Gasteiger partial charge in [0.05, 0.1) is 7.11 Å². The van der Waals surface area contributed by atoms with Crippen molar-refractivity contribution in [2.24, 2.45) is 0 Å². The summed E-state index contributed by atoms with van der Waals surface area (Å²) in [5.41, 5.74) is 3.38. The molecular formula is C14H12O2. The van der Waals surface area contributed by atoms with Gasteiger partial charge in [0.15, 0.2) is 6.29 Å². The van der Waals surface area contributed by atoms with Crippen molar-refractivity contribution < 1.29 is 9.53 Å². The van der Waals surface area contributed by atoms with Crippen LogP contribution < -0.4 is 4.74 Å². The van der Waals surface area contributed by atoms with E-state index in [-0.39, 0.29) is 0 Å². The normalized spacial score (nSPS) is 13.1. The molecule has 1 aliphatic rings. The molecule has 3 rings (SSSR count). The molecule has 0 aromatic heterocycles. The molecule has 0 radical (unpaired) electrons. The predicted molar refractivity (Wildman–Crippen MR) is 63.3 cm³/mol. The molecule has 0 atom stereocenters. The van der Waals surface area contributed by atoms with Crippen molar-refractivity contribution in [1.29, 1.82) is 0 Å². The largest absolute Gasteiger partial charge is 0.496 e. The molecule has 2 aromatic carbocycles. The predicted octanol–water partition coefficient (Wildman–Crippen LogP) is 2.76. The van der Waals surface area contributed by atoms with Gasteiger partial charge in [-0.1, -0.05) is 18.2 Å². The molecule has 80 valence electrons. The standard InChI is InChI=1S/C14H12O2/c1-16-12-7-6-10-3-2-9-4-5-11(8-15)14(12)13(9)10/h4-8H,2-3H2,1H3. The van der Waals surface area contributed by atoms with Gasteiger partial charge in [0.2, 0.25) is 0 Å². The highest BCUT2D eigenvalue weighted by molar-refractivity contribution is 6.05. The summed E-state index contributed by atoms with van der Waals surface area (Å²) in [5, 5.41) is 2.20. The van der Waals surface area contributed by atoms with E-state index in [1.165, 1.54) is 16.5 Å². The molecule has 0 heterocycles. The van der Waals surface area contributed by atoms with Crippen molar-refractivity contribution in [3.8, 4) is 5.75 Å². The first-order chi connectivity index (χ1) is 7.85. The summed E-state index contributed by atoms with van der Waals surface area (Å²) in [6.07, 6.45) is 3.04. The monoisotopic (exact) mass is 212 g/mol. The molecule has 16 heavy (non-hydrogen) atoms. The Kier molecular flexibility index (Phi) is 1.96. The van der Waals surface area contributed by atoms with Crippen molar-refractivity contribution >= 4 is 17.1 Å². The maximum absolute atomic E-state index is 11.1. The average molecular weight is 212 g/mol. The number of methoxy groups -OCH3 is 1. The second kappa shape index (κ2) is 3.34. The van der Waals surface area contributed by atoms with Crippen molar-refractivity contribution in [2.45, 2.75) is 12.8 Å². The van der Waals surface area contributed by atoms with Gasteiger partial charge in [-0.15, -0.1) is 0 Å². The van der Waals surface area contributed by atoms with Gasteiger partial charge in [-0.3, -0.25) is 4.79 Å². The lowest BCUT2D eigenvalue weighted by Gasteiger charge is -2.09. The molecule has 1 aliphatic carbocycles. The summed E-state index contributed by atoms with van der Waals surface area (Å²) in [6, 6.07) is 8.01. The van der Waals surface area contributed by atoms with Gasteiger partial charge in [0, 0.05) is 10.9 Å². The van der Waals surface area contributed by atoms with E-state index in [0.717, 1.165) is 35.8 Å². The van der Waals surface area contributed by atoms with Gasteiger partial charge in [0.25, 0.3) is 0 Å². The minimum Gasteiger partial charge on any atom is -0.496 e. The zero-order chi connectivity index (χ0) is 11.1. The van der Waals surface area contributed by atoms with E-state index in [0.29, 0.717) is 0 Å². The fourth-order valence-electron chi connectivity index (χ4n) is 2.59. The number of hydrogen-bond acceptors (Lipinski definition) is 2. The van der Waals surface area contributed by atoms with Crippen LogP contribution in [-0.2, 0) is 12.8 Å². The molecular weight excluding hydrogens is 200 g/mol. The first-order valence-electron chi connectivity index (χ1n) is 5.42. The van der Waals surface area contributed by atoms with Crippen molar-refractivity contribution in [3.05, 3.63) is 41.0 Å². The molecule has 0 aliphatic heterocycles. The Balaban J connectivity index is 2.52. The molecule has 2 nitrogen and oxygen atoms in total. The summed E-state index contributed by atoms with van der Waals surface area (Å²) in [7, 11) is 1.65. The number of hydrogen-bond donors (Lipinski definition) is 0. The summed E-state index contributed by atoms with van der Waals surface area (Å²) < 4.78 is 5.35. The Bertz CT molecular complexity index is 575. The molecule has 0 fully saturated rings. The number of aryl methyl sites for hydroxylation is 2. The van der Waals surface area contributed by atoms with Crippen LogP contribution in [0.5, 0.6) is 5.75 Å². The third-order valence-corrected chi connectivity index (χ3v) is 3.34. The zero-order valence-electron chi connectivity index (χ0n) is 9.12. The molecule has 0 saturated heterocycles. The number of rotatable bonds is 2. The van der Waals surface area contributed by atoms with Gasteiger partial charge in [-0.25, -0.2) is 0 Å². The summed E-state index contributed by atoms with van der Waals surface area (Å²) in [6.45, 7) is 0. The highest BCUT2D eigenvalue weighted by atomic mass is 16.5. The van der Waals surface area contributed by atoms with Crippen LogP contribution in [0.25, 0.3) is 10.8 Å². The first-order valence-corrected chi connectivity index (χ1v) is 5.42. The average Bonchev–Trinajstić information content (AvgIpc) is 2.75. The lowest BCUT2D eigenvalue weighted by atomic mass is 9.99. The molecule has 2 aromatic rings. The van der Waals surface area contributed by atoms with E-state index in [9.17, 15) is 4.79 Å². The molecule has 0 spiro atoms. The Hall–Kier alpha value is -1.83. The maximum atomic E-state index is 11.1. The van der Waals surface area contributed by atoms with Crippen molar-refractivity contribution in [2.75, 3.05) is 7.11 Å². The van der Waals surface area contributed by atoms with E-state index < -0.39 is 0 Å². The molecule has 0 N–H and O–H groups in total.